The number of hydrogen-bond donors (Lipinski definition) is 1. The molecule has 1 aromatic carbocycles. The molecule has 4 bridgehead atoms. The Morgan fingerprint density at radius 2 is 1.67 bits per heavy atom. The summed E-state index contributed by atoms with van der Waals surface area (Å²) in [5.74, 6) is 2.17. The molecule has 130 valence electrons. The molecular weight excluding hydrogens is 443 g/mol. The average molecular weight is 462 g/mol. The van der Waals surface area contributed by atoms with Crippen molar-refractivity contribution in [3.05, 3.63) is 21.8 Å². The van der Waals surface area contributed by atoms with Crippen LogP contribution in [-0.2, 0) is 14.9 Å². The minimum Gasteiger partial charge on any atom is -0.425 e. The highest BCUT2D eigenvalue weighted by atomic mass is 127. The van der Waals surface area contributed by atoms with Gasteiger partial charge in [-0.1, -0.05) is 0 Å². The SMILES string of the molecule is O=C(Oc1ccc(S(=O)(=O)O)cc1I)C12CC3CC(CC(C3)C1)C2. The molecule has 1 aromatic rings. The maximum atomic E-state index is 12.9. The number of ether oxygens (including phenoxy) is 1. The molecule has 5 rings (SSSR count). The first-order valence-electron chi connectivity index (χ1n) is 8.24. The van der Waals surface area contributed by atoms with Crippen molar-refractivity contribution in [2.45, 2.75) is 43.4 Å². The third kappa shape index (κ3) is 2.88. The van der Waals surface area contributed by atoms with Crippen LogP contribution in [0.3, 0.4) is 0 Å². The van der Waals surface area contributed by atoms with Crippen molar-refractivity contribution in [1.29, 1.82) is 0 Å². The Bertz CT molecular complexity index is 766. The predicted molar refractivity (Wildman–Crippen MR) is 95.2 cm³/mol. The predicted octanol–water partition coefficient (Wildman–Crippen LogP) is 3.66. The quantitative estimate of drug-likeness (QED) is 0.321. The fraction of sp³-hybridized carbons (Fsp3) is 0.588. The number of halogens is 1. The first kappa shape index (κ1) is 16.8. The van der Waals surface area contributed by atoms with Crippen LogP contribution in [0.2, 0.25) is 0 Å². The van der Waals surface area contributed by atoms with E-state index >= 15 is 0 Å². The summed E-state index contributed by atoms with van der Waals surface area (Å²) >= 11 is 1.93. The van der Waals surface area contributed by atoms with E-state index in [0.29, 0.717) is 27.1 Å². The van der Waals surface area contributed by atoms with E-state index in [1.807, 2.05) is 22.6 Å². The number of rotatable bonds is 3. The monoisotopic (exact) mass is 462 g/mol. The van der Waals surface area contributed by atoms with Gasteiger partial charge in [0.25, 0.3) is 10.1 Å². The summed E-state index contributed by atoms with van der Waals surface area (Å²) in [6.45, 7) is 0. The highest BCUT2D eigenvalue weighted by Crippen LogP contribution is 2.60. The lowest BCUT2D eigenvalue weighted by molar-refractivity contribution is -0.161. The van der Waals surface area contributed by atoms with E-state index in [9.17, 15) is 13.2 Å². The molecule has 0 aliphatic heterocycles. The van der Waals surface area contributed by atoms with Gasteiger partial charge in [-0.05, 0) is 97.1 Å². The van der Waals surface area contributed by atoms with Gasteiger partial charge in [0, 0.05) is 0 Å². The number of carbonyl (C=O) groups is 1. The van der Waals surface area contributed by atoms with Gasteiger partial charge in [0.05, 0.1) is 13.9 Å². The van der Waals surface area contributed by atoms with Crippen molar-refractivity contribution in [1.82, 2.24) is 0 Å². The molecule has 0 aromatic heterocycles. The summed E-state index contributed by atoms with van der Waals surface area (Å²) < 4.78 is 37.7. The molecule has 0 radical (unpaired) electrons. The summed E-state index contributed by atoms with van der Waals surface area (Å²) in [7, 11) is -4.25. The van der Waals surface area contributed by atoms with Gasteiger partial charge in [-0.15, -0.1) is 0 Å². The number of carbonyl (C=O) groups excluding carboxylic acids is 1. The van der Waals surface area contributed by atoms with Gasteiger partial charge in [-0.2, -0.15) is 8.42 Å². The number of hydrogen-bond acceptors (Lipinski definition) is 4. The summed E-state index contributed by atoms with van der Waals surface area (Å²) in [5.41, 5.74) is -0.348. The number of benzene rings is 1. The molecule has 0 saturated heterocycles. The normalized spacial score (nSPS) is 34.3. The topological polar surface area (TPSA) is 80.7 Å². The minimum absolute atomic E-state index is 0.167. The molecule has 0 spiro atoms. The van der Waals surface area contributed by atoms with Crippen LogP contribution >= 0.6 is 22.6 Å². The Hall–Kier alpha value is -0.670. The average Bonchev–Trinajstić information content (AvgIpc) is 2.46. The fourth-order valence-electron chi connectivity index (χ4n) is 5.29. The highest BCUT2D eigenvalue weighted by molar-refractivity contribution is 14.1. The van der Waals surface area contributed by atoms with Crippen molar-refractivity contribution < 1.29 is 22.5 Å². The van der Waals surface area contributed by atoms with Crippen LogP contribution in [0.5, 0.6) is 5.75 Å². The largest absolute Gasteiger partial charge is 0.425 e. The lowest BCUT2D eigenvalue weighted by Gasteiger charge is -2.55. The molecular formula is C17H19IO5S. The molecule has 0 amide bonds. The zero-order chi connectivity index (χ0) is 17.1. The highest BCUT2D eigenvalue weighted by Gasteiger charge is 2.55. The molecule has 24 heavy (non-hydrogen) atoms. The van der Waals surface area contributed by atoms with Gasteiger partial charge in [0.1, 0.15) is 5.75 Å². The molecule has 4 fully saturated rings. The van der Waals surface area contributed by atoms with Crippen molar-refractivity contribution in [3.8, 4) is 5.75 Å². The Labute approximate surface area is 155 Å². The molecule has 4 aliphatic rings. The maximum absolute atomic E-state index is 12.9. The molecule has 0 atom stereocenters. The van der Waals surface area contributed by atoms with Crippen LogP contribution in [0.1, 0.15) is 38.5 Å². The smallest absolute Gasteiger partial charge is 0.317 e. The van der Waals surface area contributed by atoms with Gasteiger partial charge in [0.2, 0.25) is 0 Å². The fourth-order valence-corrected chi connectivity index (χ4v) is 6.64. The van der Waals surface area contributed by atoms with Crippen molar-refractivity contribution in [3.63, 3.8) is 0 Å². The van der Waals surface area contributed by atoms with Crippen LogP contribution in [0.15, 0.2) is 23.1 Å². The second-order valence-corrected chi connectivity index (χ2v) is 10.2. The van der Waals surface area contributed by atoms with Gasteiger partial charge >= 0.3 is 5.97 Å². The lowest BCUT2D eigenvalue weighted by atomic mass is 9.49. The van der Waals surface area contributed by atoms with Crippen molar-refractivity contribution in [2.75, 3.05) is 0 Å². The third-order valence-corrected chi connectivity index (χ3v) is 7.57. The number of esters is 1. The van der Waals surface area contributed by atoms with E-state index in [-0.39, 0.29) is 16.3 Å². The van der Waals surface area contributed by atoms with E-state index < -0.39 is 10.1 Å². The van der Waals surface area contributed by atoms with Crippen LogP contribution in [0.4, 0.5) is 0 Å². The molecule has 0 heterocycles. The Kier molecular flexibility index (Phi) is 3.96. The zero-order valence-electron chi connectivity index (χ0n) is 13.1. The second kappa shape index (κ2) is 5.67. The van der Waals surface area contributed by atoms with Crippen LogP contribution in [0, 0.1) is 26.7 Å². The maximum Gasteiger partial charge on any atom is 0.317 e. The molecule has 0 unspecified atom stereocenters. The van der Waals surface area contributed by atoms with Gasteiger partial charge in [-0.3, -0.25) is 9.35 Å². The van der Waals surface area contributed by atoms with E-state index in [2.05, 4.69) is 0 Å². The van der Waals surface area contributed by atoms with Crippen LogP contribution in [0.25, 0.3) is 0 Å². The second-order valence-electron chi connectivity index (χ2n) is 7.65. The van der Waals surface area contributed by atoms with E-state index in [4.69, 9.17) is 9.29 Å². The molecule has 1 N–H and O–H groups in total. The summed E-state index contributed by atoms with van der Waals surface area (Å²) in [4.78, 5) is 12.7. The standard InChI is InChI=1S/C17H19IO5S/c18-14-6-13(24(20,21)22)1-2-15(14)23-16(19)17-7-10-3-11(8-17)5-12(4-10)9-17/h1-2,6,10-12H,3-5,7-9H2,(H,20,21,22). The first-order valence-corrected chi connectivity index (χ1v) is 10.8. The molecule has 5 nitrogen and oxygen atoms in total. The Morgan fingerprint density at radius 3 is 2.12 bits per heavy atom. The van der Waals surface area contributed by atoms with Crippen LogP contribution < -0.4 is 4.74 Å². The molecule has 7 heteroatoms. The Morgan fingerprint density at radius 1 is 1.12 bits per heavy atom. The zero-order valence-corrected chi connectivity index (χ0v) is 16.0. The van der Waals surface area contributed by atoms with E-state index in [0.717, 1.165) is 19.3 Å². The Balaban J connectivity index is 1.57. The van der Waals surface area contributed by atoms with E-state index in [1.165, 1.54) is 37.5 Å². The lowest BCUT2D eigenvalue weighted by Crippen LogP contribution is -2.51. The third-order valence-electron chi connectivity index (χ3n) is 5.88. The van der Waals surface area contributed by atoms with Crippen molar-refractivity contribution >= 4 is 38.7 Å². The minimum atomic E-state index is -4.25. The van der Waals surface area contributed by atoms with Crippen LogP contribution in [-0.4, -0.2) is 18.9 Å². The molecule has 4 aliphatic carbocycles. The summed E-state index contributed by atoms with van der Waals surface area (Å²) in [6.07, 6.45) is 6.56. The van der Waals surface area contributed by atoms with Gasteiger partial charge in [-0.25, -0.2) is 0 Å². The first-order chi connectivity index (χ1) is 11.2. The van der Waals surface area contributed by atoms with E-state index in [1.54, 1.807) is 0 Å². The van der Waals surface area contributed by atoms with Crippen molar-refractivity contribution in [2.24, 2.45) is 23.2 Å². The van der Waals surface area contributed by atoms with Gasteiger partial charge < -0.3 is 4.74 Å². The molecule has 4 saturated carbocycles. The summed E-state index contributed by atoms with van der Waals surface area (Å²) in [6, 6.07) is 4.03. The summed E-state index contributed by atoms with van der Waals surface area (Å²) in [5, 5.41) is 0. The van der Waals surface area contributed by atoms with Gasteiger partial charge in [0.15, 0.2) is 0 Å².